The lowest BCUT2D eigenvalue weighted by molar-refractivity contribution is -0.122. The number of aryl methyl sites for hydroxylation is 2. The highest BCUT2D eigenvalue weighted by molar-refractivity contribution is 5.73. The zero-order valence-electron chi connectivity index (χ0n) is 19.8. The van der Waals surface area contributed by atoms with Gasteiger partial charge in [0, 0.05) is 32.9 Å². The van der Waals surface area contributed by atoms with E-state index in [1.165, 1.54) is 19.0 Å². The molecule has 2 bridgehead atoms. The number of carbonyl (C=O) groups excluding carboxylic acids is 1. The van der Waals surface area contributed by atoms with Crippen LogP contribution in [0.1, 0.15) is 56.6 Å². The smallest absolute Gasteiger partial charge is 0.218 e. The number of fused-ring (bicyclic) bond motifs is 5. The lowest BCUT2D eigenvalue weighted by atomic mass is 9.86. The van der Waals surface area contributed by atoms with Gasteiger partial charge in [0.05, 0.1) is 18.5 Å². The number of rotatable bonds is 3. The lowest BCUT2D eigenvalue weighted by Gasteiger charge is -2.36. The highest BCUT2D eigenvalue weighted by Gasteiger charge is 2.59. The van der Waals surface area contributed by atoms with E-state index in [9.17, 15) is 4.79 Å². The van der Waals surface area contributed by atoms with Gasteiger partial charge in [-0.15, -0.1) is 5.10 Å². The van der Waals surface area contributed by atoms with Crippen molar-refractivity contribution >= 4 is 17.2 Å². The maximum atomic E-state index is 12.1. The molecule has 2 unspecified atom stereocenters. The number of nitrogens with zero attached hydrogens (tertiary/aromatic N) is 7. The molecule has 3 aromatic heterocycles. The lowest BCUT2D eigenvalue weighted by Crippen LogP contribution is -2.54. The number of nitrogens with one attached hydrogen (secondary N) is 1. The highest BCUT2D eigenvalue weighted by Crippen LogP contribution is 2.48. The maximum Gasteiger partial charge on any atom is 0.218 e. The van der Waals surface area contributed by atoms with Crippen LogP contribution < -0.4 is 10.2 Å². The van der Waals surface area contributed by atoms with Crippen molar-refractivity contribution in [2.24, 2.45) is 5.41 Å². The fraction of sp³-hybridized carbons (Fsp3) is 0.609. The first-order valence-corrected chi connectivity index (χ1v) is 11.6. The van der Waals surface area contributed by atoms with Crippen LogP contribution in [0.3, 0.4) is 0 Å². The van der Waals surface area contributed by atoms with Gasteiger partial charge >= 0.3 is 0 Å². The second-order valence-electron chi connectivity index (χ2n) is 10.8. The van der Waals surface area contributed by atoms with Crippen LogP contribution in [0, 0.1) is 19.3 Å². The normalized spacial score (nSPS) is 27.8. The van der Waals surface area contributed by atoms with Crippen LogP contribution >= 0.6 is 0 Å². The first-order chi connectivity index (χ1) is 15.6. The van der Waals surface area contributed by atoms with E-state index < -0.39 is 11.3 Å². The fourth-order valence-corrected chi connectivity index (χ4v) is 5.77. The summed E-state index contributed by atoms with van der Waals surface area (Å²) < 4.78 is 10.1. The molecule has 6 heterocycles. The average Bonchev–Trinajstić information content (AvgIpc) is 3.46. The molecule has 2 saturated heterocycles. The molecule has 6 rings (SSSR count). The molecule has 0 radical (unpaired) electrons. The molecule has 33 heavy (non-hydrogen) atoms. The third-order valence-corrected chi connectivity index (χ3v) is 7.26. The van der Waals surface area contributed by atoms with Crippen LogP contribution in [0.4, 0.5) is 5.69 Å². The number of ether oxygens (including phenoxy) is 1. The van der Waals surface area contributed by atoms with E-state index in [0.29, 0.717) is 36.5 Å². The minimum atomic E-state index is -0.778. The summed E-state index contributed by atoms with van der Waals surface area (Å²) in [6.45, 7) is 12.4. The summed E-state index contributed by atoms with van der Waals surface area (Å²) in [5.74, 6) is 1.95. The molecule has 1 amide bonds. The molecular weight excluding hydrogens is 420 g/mol. The molecule has 0 saturated carbocycles. The van der Waals surface area contributed by atoms with Crippen LogP contribution in [0.25, 0.3) is 5.65 Å². The number of aromatic nitrogens is 6. The van der Waals surface area contributed by atoms with Gasteiger partial charge in [-0.2, -0.15) is 5.10 Å². The molecule has 3 aliphatic heterocycles. The standard InChI is InChI=1S/C23H30N8O2/c1-14-8-17(29-7-6-21(4,5)12-29)10-30-19(14)25-20(28-30)22-9-18-24-15(2)27-31(18)23(11-22,13-33-22)26-16(3)32/h8,10H,6-7,9,11-13H2,1-5H3,(H,26,32). The van der Waals surface area contributed by atoms with E-state index in [1.807, 2.05) is 16.1 Å². The zero-order valence-corrected chi connectivity index (χ0v) is 19.8. The zero-order chi connectivity index (χ0) is 23.2. The van der Waals surface area contributed by atoms with Crippen molar-refractivity contribution in [1.82, 2.24) is 34.7 Å². The summed E-state index contributed by atoms with van der Waals surface area (Å²) in [5.41, 5.74) is 1.85. The summed E-state index contributed by atoms with van der Waals surface area (Å²) in [4.78, 5) is 24.0. The fourth-order valence-electron chi connectivity index (χ4n) is 5.77. The molecule has 3 aliphatic rings. The second kappa shape index (κ2) is 6.53. The predicted octanol–water partition coefficient (Wildman–Crippen LogP) is 1.83. The molecule has 10 heteroatoms. The number of amides is 1. The van der Waals surface area contributed by atoms with Gasteiger partial charge in [-0.1, -0.05) is 13.8 Å². The van der Waals surface area contributed by atoms with E-state index in [1.54, 1.807) is 0 Å². The molecule has 174 valence electrons. The SMILES string of the molecule is CC(=O)NC12COC(c3nc4c(C)cc(N5CCC(C)(C)C5)cn4n3)(Cc3nc(C)nn31)C2. The molecule has 10 nitrogen and oxygen atoms in total. The van der Waals surface area contributed by atoms with Crippen molar-refractivity contribution in [2.45, 2.75) is 65.1 Å². The van der Waals surface area contributed by atoms with E-state index in [4.69, 9.17) is 14.8 Å². The van der Waals surface area contributed by atoms with Gasteiger partial charge in [0.25, 0.3) is 0 Å². The minimum absolute atomic E-state index is 0.132. The number of pyridine rings is 1. The van der Waals surface area contributed by atoms with E-state index in [0.717, 1.165) is 30.1 Å². The summed E-state index contributed by atoms with van der Waals surface area (Å²) in [5, 5.41) is 12.5. The van der Waals surface area contributed by atoms with Gasteiger partial charge < -0.3 is 15.0 Å². The molecule has 0 spiro atoms. The maximum absolute atomic E-state index is 12.1. The monoisotopic (exact) mass is 450 g/mol. The Balaban J connectivity index is 1.42. The van der Waals surface area contributed by atoms with Crippen LogP contribution in [0.5, 0.6) is 0 Å². The topological polar surface area (TPSA) is 102 Å². The number of anilines is 1. The number of carbonyl (C=O) groups is 1. The van der Waals surface area contributed by atoms with Gasteiger partial charge in [-0.05, 0) is 37.3 Å². The molecule has 1 N–H and O–H groups in total. The Hall–Kier alpha value is -3.01. The van der Waals surface area contributed by atoms with Crippen molar-refractivity contribution in [1.29, 1.82) is 0 Å². The molecule has 2 fully saturated rings. The first kappa shape index (κ1) is 20.6. The van der Waals surface area contributed by atoms with Crippen molar-refractivity contribution in [3.63, 3.8) is 0 Å². The average molecular weight is 451 g/mol. The third-order valence-electron chi connectivity index (χ3n) is 7.26. The Bertz CT molecular complexity index is 1290. The van der Waals surface area contributed by atoms with Gasteiger partial charge in [0.1, 0.15) is 17.2 Å². The van der Waals surface area contributed by atoms with Gasteiger partial charge in [-0.3, -0.25) is 4.79 Å². The molecule has 0 aromatic carbocycles. The molecule has 3 aromatic rings. The second-order valence-corrected chi connectivity index (χ2v) is 10.8. The Morgan fingerprint density at radius 1 is 1.21 bits per heavy atom. The van der Waals surface area contributed by atoms with Crippen LogP contribution in [0.2, 0.25) is 0 Å². The minimum Gasteiger partial charge on any atom is -0.370 e. The van der Waals surface area contributed by atoms with Crippen LogP contribution in [-0.4, -0.2) is 55.0 Å². The quantitative estimate of drug-likeness (QED) is 0.649. The summed E-state index contributed by atoms with van der Waals surface area (Å²) in [7, 11) is 0. The van der Waals surface area contributed by atoms with Crippen molar-refractivity contribution in [2.75, 3.05) is 24.6 Å². The molecule has 0 aliphatic carbocycles. The third kappa shape index (κ3) is 3.07. The van der Waals surface area contributed by atoms with Crippen molar-refractivity contribution < 1.29 is 9.53 Å². The first-order valence-electron chi connectivity index (χ1n) is 11.6. The van der Waals surface area contributed by atoms with Crippen molar-refractivity contribution in [3.05, 3.63) is 35.3 Å². The Kier molecular flexibility index (Phi) is 4.07. The van der Waals surface area contributed by atoms with Gasteiger partial charge in [-0.25, -0.2) is 19.2 Å². The van der Waals surface area contributed by atoms with Crippen LogP contribution in [0.15, 0.2) is 12.3 Å². The Morgan fingerprint density at radius 3 is 2.76 bits per heavy atom. The Morgan fingerprint density at radius 2 is 2.03 bits per heavy atom. The largest absolute Gasteiger partial charge is 0.370 e. The van der Waals surface area contributed by atoms with Crippen LogP contribution in [-0.2, 0) is 27.2 Å². The van der Waals surface area contributed by atoms with Crippen molar-refractivity contribution in [3.8, 4) is 0 Å². The number of hydrogen-bond donors (Lipinski definition) is 1. The Labute approximate surface area is 192 Å². The molecular formula is C23H30N8O2. The van der Waals surface area contributed by atoms with Gasteiger partial charge in [0.2, 0.25) is 5.91 Å². The van der Waals surface area contributed by atoms with Gasteiger partial charge in [0.15, 0.2) is 17.1 Å². The van der Waals surface area contributed by atoms with E-state index >= 15 is 0 Å². The van der Waals surface area contributed by atoms with E-state index in [2.05, 4.69) is 53.3 Å². The highest BCUT2D eigenvalue weighted by atomic mass is 16.5. The van der Waals surface area contributed by atoms with E-state index in [-0.39, 0.29) is 5.91 Å². The predicted molar refractivity (Wildman–Crippen MR) is 121 cm³/mol. The molecule has 2 atom stereocenters. The number of hydrogen-bond acceptors (Lipinski definition) is 7. The summed E-state index contributed by atoms with van der Waals surface area (Å²) in [6, 6.07) is 2.20. The summed E-state index contributed by atoms with van der Waals surface area (Å²) >= 11 is 0. The summed E-state index contributed by atoms with van der Waals surface area (Å²) in [6.07, 6.45) is 4.27.